The first-order valence-corrected chi connectivity index (χ1v) is 28.4. The van der Waals surface area contributed by atoms with Crippen molar-refractivity contribution in [1.82, 2.24) is 30.9 Å². The number of nitrogens with two attached hydrogens (primary N) is 1. The quantitative estimate of drug-likeness (QED) is 0.0337. The van der Waals surface area contributed by atoms with E-state index in [1.807, 2.05) is 25.5 Å². The molecule has 0 bridgehead atoms. The highest BCUT2D eigenvalue weighted by Gasteiger charge is 2.48. The fourth-order valence-electron chi connectivity index (χ4n) is 8.11. The van der Waals surface area contributed by atoms with Gasteiger partial charge in [0.25, 0.3) is 15.9 Å². The van der Waals surface area contributed by atoms with Crippen LogP contribution in [-0.4, -0.2) is 186 Å². The van der Waals surface area contributed by atoms with Crippen molar-refractivity contribution in [2.75, 3.05) is 28.6 Å². The third-order valence-electron chi connectivity index (χ3n) is 12.8. The summed E-state index contributed by atoms with van der Waals surface area (Å²) in [6.07, 6.45) is -19.0. The predicted molar refractivity (Wildman–Crippen MR) is 298 cm³/mol. The molecule has 34 heteroatoms. The first-order chi connectivity index (χ1) is 40.8. The Labute approximate surface area is 497 Å². The number of aromatic nitrogens is 3. The van der Waals surface area contributed by atoms with E-state index in [0.29, 0.717) is 10.6 Å². The van der Waals surface area contributed by atoms with Gasteiger partial charge in [-0.3, -0.25) is 34.0 Å². The summed E-state index contributed by atoms with van der Waals surface area (Å²) in [5, 5.41) is 93.2. The normalized spacial score (nSPS) is 19.4. The Hall–Kier alpha value is -7.87. The van der Waals surface area contributed by atoms with Gasteiger partial charge in [0.15, 0.2) is 23.1 Å². The monoisotopic (exact) mass is 1260 g/mol. The molecule has 1 aliphatic heterocycles. The van der Waals surface area contributed by atoms with Crippen LogP contribution in [0.5, 0.6) is 0 Å². The number of ether oxygens (including phenoxy) is 3. The van der Waals surface area contributed by atoms with E-state index in [1.54, 1.807) is 0 Å². The third-order valence-corrected chi connectivity index (χ3v) is 15.7. The fraction of sp³-hybridized carbons (Fsp3) is 0.415. The highest BCUT2D eigenvalue weighted by molar-refractivity contribution is 7.92. The van der Waals surface area contributed by atoms with Crippen LogP contribution in [-0.2, 0) is 60.2 Å². The number of hydrogen-bond donors (Lipinski definition) is 15. The zero-order valence-corrected chi connectivity index (χ0v) is 48.3. The number of thiazole rings is 1. The number of aliphatic hydroxyl groups excluding tert-OH is 8. The number of sulfonamides is 1. The number of anilines is 3. The van der Waals surface area contributed by atoms with Gasteiger partial charge >= 0.3 is 6.09 Å². The van der Waals surface area contributed by atoms with E-state index in [4.69, 9.17) is 19.9 Å². The molecule has 5 aromatic rings. The molecule has 3 aromatic carbocycles. The first-order valence-electron chi connectivity index (χ1n) is 26.1. The summed E-state index contributed by atoms with van der Waals surface area (Å²) in [6, 6.07) is 8.56. The Morgan fingerprint density at radius 2 is 1.41 bits per heavy atom. The first kappa shape index (κ1) is 68.2. The van der Waals surface area contributed by atoms with E-state index in [0.717, 1.165) is 42.5 Å². The minimum atomic E-state index is -4.97. The standard InChI is InChI=1S/C53H63F3N10O19S2/c1-22(60-48(79)40(74)39(73)42(32(69)19-67)85-49-41(75)38(72)37(71)33(20-68)84-49)45(76)59-23(2)46(77)62-31(18-34(57)70)47(78)61-25-14-12-24(13-15-25)21-83-52(80)65-51-58-17-16-30(63-51)43-36(64-50(86-43)53(3,4)5)26-8-6-11-29(35(26)56)66-87(81,82)44-27(54)9-7-10-28(44)55/h6-17,22-23,31-33,37-42,49,66-69,71-75H,18-21H2,1-5H3,(H2,57,70)(H,59,76)(H,60,79)(H,61,78)(H,62,77)(H,58,63,65,80)/t22?,23?,31?,32-,33-,37+,38+,39+,40-,41-,42+,49+/m1/s1. The molecule has 16 N–H and O–H groups in total. The summed E-state index contributed by atoms with van der Waals surface area (Å²) < 4.78 is 89.2. The Morgan fingerprint density at radius 1 is 0.793 bits per heavy atom. The van der Waals surface area contributed by atoms with Crippen molar-refractivity contribution in [3.63, 3.8) is 0 Å². The average molecular weight is 1270 g/mol. The number of rotatable bonds is 25. The van der Waals surface area contributed by atoms with Gasteiger partial charge in [0.1, 0.15) is 79.1 Å². The number of carbonyl (C=O) groups is 6. The van der Waals surface area contributed by atoms with Crippen LogP contribution >= 0.6 is 11.3 Å². The van der Waals surface area contributed by atoms with Gasteiger partial charge in [0.05, 0.1) is 46.6 Å². The molecule has 1 aliphatic rings. The predicted octanol–water partition coefficient (Wildman–Crippen LogP) is -0.900. The van der Waals surface area contributed by atoms with E-state index in [2.05, 4.69) is 41.5 Å². The summed E-state index contributed by atoms with van der Waals surface area (Å²) in [6.45, 7) is 5.41. The number of hydrogen-bond acceptors (Lipinski definition) is 23. The second kappa shape index (κ2) is 29.2. The molecule has 0 saturated carbocycles. The third kappa shape index (κ3) is 17.2. The van der Waals surface area contributed by atoms with Crippen LogP contribution in [0.1, 0.15) is 51.6 Å². The van der Waals surface area contributed by atoms with Gasteiger partial charge in [-0.15, -0.1) is 11.3 Å². The molecule has 2 aromatic heterocycles. The van der Waals surface area contributed by atoms with Crippen LogP contribution in [0.25, 0.3) is 21.8 Å². The summed E-state index contributed by atoms with van der Waals surface area (Å²) in [4.78, 5) is 89.7. The van der Waals surface area contributed by atoms with Gasteiger partial charge in [-0.05, 0) is 61.9 Å². The van der Waals surface area contributed by atoms with Crippen molar-refractivity contribution in [3.8, 4) is 21.8 Å². The SMILES string of the molecule is CC(NC(=O)C(C)NC(=O)[C@H](O)[C@H](O)[C@@H](O[C@@H]1O[C@H](CO)[C@H](O)[C@H](O)[C@H]1O)[C@H](O)CO)C(=O)NC(CC(N)=O)C(=O)Nc1ccc(COC(=O)Nc2nccc(-c3sc(C(C)(C)C)nc3-c3cccc(NS(=O)(=O)c4c(F)cccc4F)c3F)n2)cc1. The maximum absolute atomic E-state index is 16.3. The van der Waals surface area contributed by atoms with E-state index in [-0.39, 0.29) is 40.1 Å². The number of carbonyl (C=O) groups excluding carboxylic acids is 6. The Morgan fingerprint density at radius 3 is 2.02 bits per heavy atom. The summed E-state index contributed by atoms with van der Waals surface area (Å²) >= 11 is 1.12. The second-order valence-electron chi connectivity index (χ2n) is 20.6. The molecule has 3 heterocycles. The van der Waals surface area contributed by atoms with Crippen molar-refractivity contribution in [2.24, 2.45) is 5.73 Å². The number of nitrogens with one attached hydrogen (secondary N) is 6. The van der Waals surface area contributed by atoms with Crippen LogP contribution < -0.4 is 37.0 Å². The van der Waals surface area contributed by atoms with Crippen molar-refractivity contribution < 1.29 is 105 Å². The van der Waals surface area contributed by atoms with Crippen molar-refractivity contribution in [2.45, 2.75) is 131 Å². The van der Waals surface area contributed by atoms with Crippen LogP contribution in [0, 0.1) is 17.5 Å². The lowest BCUT2D eigenvalue weighted by atomic mass is 9.98. The van der Waals surface area contributed by atoms with E-state index < -0.39 is 172 Å². The lowest BCUT2D eigenvalue weighted by Gasteiger charge is -2.42. The molecule has 87 heavy (non-hydrogen) atoms. The molecule has 1 saturated heterocycles. The lowest BCUT2D eigenvalue weighted by Crippen LogP contribution is -2.62. The number of amides is 6. The number of halogens is 3. The Bertz CT molecular complexity index is 3400. The van der Waals surface area contributed by atoms with Gasteiger partial charge in [-0.25, -0.2) is 41.3 Å². The van der Waals surface area contributed by atoms with Crippen molar-refractivity contribution in [1.29, 1.82) is 0 Å². The highest BCUT2D eigenvalue weighted by Crippen LogP contribution is 2.42. The molecule has 12 atom stereocenters. The molecular formula is C53H63F3N10O19S2. The smallest absolute Gasteiger partial charge is 0.414 e. The average Bonchev–Trinajstić information content (AvgIpc) is 2.02. The molecular weight excluding hydrogens is 1200 g/mol. The van der Waals surface area contributed by atoms with E-state index >= 15 is 4.39 Å². The largest absolute Gasteiger partial charge is 0.444 e. The minimum absolute atomic E-state index is 0.0134. The van der Waals surface area contributed by atoms with Gasteiger partial charge in [-0.1, -0.05) is 45.0 Å². The molecule has 6 amide bonds. The summed E-state index contributed by atoms with van der Waals surface area (Å²) in [5.74, 6) is -9.70. The molecule has 3 unspecified atom stereocenters. The van der Waals surface area contributed by atoms with Gasteiger partial charge < -0.3 is 82.1 Å². The maximum Gasteiger partial charge on any atom is 0.414 e. The van der Waals surface area contributed by atoms with Crippen LogP contribution in [0.15, 0.2) is 77.8 Å². The minimum Gasteiger partial charge on any atom is -0.444 e. The summed E-state index contributed by atoms with van der Waals surface area (Å²) in [5.41, 5.74) is 4.58. The van der Waals surface area contributed by atoms with E-state index in [1.165, 1.54) is 55.6 Å². The van der Waals surface area contributed by atoms with E-state index in [9.17, 15) is 86.8 Å². The van der Waals surface area contributed by atoms with Gasteiger partial charge in [0, 0.05) is 22.9 Å². The van der Waals surface area contributed by atoms with Crippen molar-refractivity contribution in [3.05, 3.63) is 101 Å². The molecule has 0 spiro atoms. The fourth-order valence-corrected chi connectivity index (χ4v) is 10.4. The number of nitrogens with zero attached hydrogens (tertiary/aromatic N) is 3. The number of primary amides is 1. The van der Waals surface area contributed by atoms with Gasteiger partial charge in [0.2, 0.25) is 29.6 Å². The molecule has 29 nitrogen and oxygen atoms in total. The second-order valence-corrected chi connectivity index (χ2v) is 23.2. The van der Waals surface area contributed by atoms with Crippen LogP contribution in [0.4, 0.5) is 35.3 Å². The van der Waals surface area contributed by atoms with Gasteiger partial charge in [-0.2, -0.15) is 0 Å². The Kier molecular flexibility index (Phi) is 22.9. The maximum atomic E-state index is 16.3. The molecule has 0 aliphatic carbocycles. The molecule has 1 fully saturated rings. The topological polar surface area (TPSA) is 463 Å². The zero-order valence-electron chi connectivity index (χ0n) is 46.6. The molecule has 6 rings (SSSR count). The van der Waals surface area contributed by atoms with Crippen LogP contribution in [0.3, 0.4) is 0 Å². The van der Waals surface area contributed by atoms with Crippen molar-refractivity contribution >= 4 is 74.3 Å². The number of benzene rings is 3. The van der Waals surface area contributed by atoms with Crippen LogP contribution in [0.2, 0.25) is 0 Å². The zero-order chi connectivity index (χ0) is 64.4. The Balaban J connectivity index is 1.02. The highest BCUT2D eigenvalue weighted by atomic mass is 32.2. The number of aliphatic hydroxyl groups is 8. The molecule has 472 valence electrons. The lowest BCUT2D eigenvalue weighted by molar-refractivity contribution is -0.326. The summed E-state index contributed by atoms with van der Waals surface area (Å²) in [7, 11) is -4.97. The molecule has 0 radical (unpaired) electrons.